The summed E-state index contributed by atoms with van der Waals surface area (Å²) >= 11 is 0. The quantitative estimate of drug-likeness (QED) is 0.685. The third-order valence-electron chi connectivity index (χ3n) is 3.66. The fourth-order valence-corrected chi connectivity index (χ4v) is 2.32. The molecule has 0 aliphatic rings. The minimum Gasteiger partial charge on any atom is -0.508 e. The summed E-state index contributed by atoms with van der Waals surface area (Å²) in [5.41, 5.74) is 1.33. The van der Waals surface area contributed by atoms with Gasteiger partial charge in [-0.1, -0.05) is 24.0 Å². The average molecular weight is 336 g/mol. The Kier molecular flexibility index (Phi) is 4.67. The molecule has 4 heteroatoms. The van der Waals surface area contributed by atoms with Crippen LogP contribution in [0.15, 0.2) is 60.7 Å². The Balaban J connectivity index is 1.93. The summed E-state index contributed by atoms with van der Waals surface area (Å²) in [6.45, 7) is 0. The van der Waals surface area contributed by atoms with Crippen LogP contribution in [0.1, 0.15) is 11.1 Å². The van der Waals surface area contributed by atoms with Crippen molar-refractivity contribution in [1.29, 1.82) is 0 Å². The molecule has 0 saturated heterocycles. The minimum atomic E-state index is -0.732. The number of hydrogen-bond acceptors (Lipinski definition) is 2. The number of benzene rings is 3. The largest absolute Gasteiger partial charge is 0.508 e. The average Bonchev–Trinajstić information content (AvgIpc) is 2.62. The standard InChI is InChI=1S/C21H14F2O2/c1-25-18-9-2-14(3-10-18)4-11-19-20(22)12-16(13-21(19)23)15-5-7-17(24)8-6-15/h2-3,5-10,12-13,24H,1H3. The highest BCUT2D eigenvalue weighted by molar-refractivity contribution is 5.65. The topological polar surface area (TPSA) is 29.5 Å². The van der Waals surface area contributed by atoms with E-state index in [9.17, 15) is 13.9 Å². The summed E-state index contributed by atoms with van der Waals surface area (Å²) in [5.74, 6) is 4.59. The monoisotopic (exact) mass is 336 g/mol. The Morgan fingerprint density at radius 1 is 0.800 bits per heavy atom. The van der Waals surface area contributed by atoms with Gasteiger partial charge in [0.15, 0.2) is 0 Å². The SMILES string of the molecule is COc1ccc(C#Cc2c(F)cc(-c3ccc(O)cc3)cc2F)cc1. The van der Waals surface area contributed by atoms with Gasteiger partial charge >= 0.3 is 0 Å². The summed E-state index contributed by atoms with van der Waals surface area (Å²) in [7, 11) is 1.56. The molecule has 3 aromatic carbocycles. The van der Waals surface area contributed by atoms with Crippen LogP contribution in [0.2, 0.25) is 0 Å². The van der Waals surface area contributed by atoms with Crippen LogP contribution < -0.4 is 4.74 Å². The predicted molar refractivity (Wildman–Crippen MR) is 92.4 cm³/mol. The number of ether oxygens (including phenoxy) is 1. The molecule has 0 aliphatic heterocycles. The lowest BCUT2D eigenvalue weighted by atomic mass is 10.0. The maximum absolute atomic E-state index is 14.3. The second-order valence-corrected chi connectivity index (χ2v) is 5.34. The van der Waals surface area contributed by atoms with E-state index in [-0.39, 0.29) is 11.3 Å². The third kappa shape index (κ3) is 3.78. The molecule has 0 atom stereocenters. The number of phenolic OH excluding ortho intramolecular Hbond substituents is 1. The van der Waals surface area contributed by atoms with Gasteiger partial charge in [-0.25, -0.2) is 8.78 Å². The molecule has 25 heavy (non-hydrogen) atoms. The number of rotatable bonds is 2. The van der Waals surface area contributed by atoms with Gasteiger partial charge in [0.1, 0.15) is 23.1 Å². The van der Waals surface area contributed by atoms with E-state index in [1.54, 1.807) is 43.5 Å². The molecule has 0 spiro atoms. The molecule has 0 unspecified atom stereocenters. The molecule has 0 saturated carbocycles. The van der Waals surface area contributed by atoms with Crippen molar-refractivity contribution in [3.63, 3.8) is 0 Å². The van der Waals surface area contributed by atoms with Gasteiger partial charge in [-0.3, -0.25) is 0 Å². The molecule has 0 aromatic heterocycles. The maximum Gasteiger partial charge on any atom is 0.142 e. The molecule has 0 heterocycles. The van der Waals surface area contributed by atoms with Crippen molar-refractivity contribution >= 4 is 0 Å². The fraction of sp³-hybridized carbons (Fsp3) is 0.0476. The minimum absolute atomic E-state index is 0.0895. The Bertz CT molecular complexity index is 927. The van der Waals surface area contributed by atoms with E-state index < -0.39 is 11.6 Å². The highest BCUT2D eigenvalue weighted by atomic mass is 19.1. The van der Waals surface area contributed by atoms with Crippen LogP contribution in [0.4, 0.5) is 8.78 Å². The number of hydrogen-bond donors (Lipinski definition) is 1. The Hall–Kier alpha value is -3.32. The number of aromatic hydroxyl groups is 1. The van der Waals surface area contributed by atoms with Crippen LogP contribution in [-0.2, 0) is 0 Å². The van der Waals surface area contributed by atoms with Crippen LogP contribution in [0.25, 0.3) is 11.1 Å². The molecule has 0 aliphatic carbocycles. The molecular formula is C21H14F2O2. The van der Waals surface area contributed by atoms with Crippen molar-refractivity contribution in [3.8, 4) is 34.5 Å². The normalized spacial score (nSPS) is 10.0. The van der Waals surface area contributed by atoms with Gasteiger partial charge in [0, 0.05) is 5.56 Å². The lowest BCUT2D eigenvalue weighted by Gasteiger charge is -2.05. The molecule has 124 valence electrons. The van der Waals surface area contributed by atoms with Crippen LogP contribution in [0.3, 0.4) is 0 Å². The van der Waals surface area contributed by atoms with E-state index in [0.717, 1.165) is 0 Å². The Labute approximate surface area is 144 Å². The molecule has 1 N–H and O–H groups in total. The van der Waals surface area contributed by atoms with Crippen LogP contribution in [0, 0.1) is 23.5 Å². The first-order valence-corrected chi connectivity index (χ1v) is 7.51. The van der Waals surface area contributed by atoms with Crippen molar-refractivity contribution in [2.75, 3.05) is 7.11 Å². The summed E-state index contributed by atoms with van der Waals surface area (Å²) in [4.78, 5) is 0. The Morgan fingerprint density at radius 2 is 1.40 bits per heavy atom. The molecule has 3 aromatic rings. The zero-order valence-corrected chi connectivity index (χ0v) is 13.4. The van der Waals surface area contributed by atoms with E-state index in [2.05, 4.69) is 11.8 Å². The van der Waals surface area contributed by atoms with E-state index >= 15 is 0 Å². The maximum atomic E-state index is 14.3. The van der Waals surface area contributed by atoms with Gasteiger partial charge in [0.05, 0.1) is 12.7 Å². The van der Waals surface area contributed by atoms with Crippen LogP contribution in [0.5, 0.6) is 11.5 Å². The summed E-state index contributed by atoms with van der Waals surface area (Å²) < 4.78 is 33.6. The summed E-state index contributed by atoms with van der Waals surface area (Å²) in [6.07, 6.45) is 0. The Morgan fingerprint density at radius 3 is 1.96 bits per heavy atom. The van der Waals surface area contributed by atoms with E-state index in [1.165, 1.54) is 24.3 Å². The van der Waals surface area contributed by atoms with E-state index in [4.69, 9.17) is 4.74 Å². The highest BCUT2D eigenvalue weighted by Gasteiger charge is 2.10. The first kappa shape index (κ1) is 16.5. The molecule has 2 nitrogen and oxygen atoms in total. The second-order valence-electron chi connectivity index (χ2n) is 5.34. The number of halogens is 2. The summed E-state index contributed by atoms with van der Waals surface area (Å²) in [6, 6.07) is 15.4. The smallest absolute Gasteiger partial charge is 0.142 e. The van der Waals surface area contributed by atoms with Gasteiger partial charge in [-0.15, -0.1) is 0 Å². The second kappa shape index (κ2) is 7.06. The zero-order valence-electron chi connectivity index (χ0n) is 13.4. The lowest BCUT2D eigenvalue weighted by Crippen LogP contribution is -1.92. The third-order valence-corrected chi connectivity index (χ3v) is 3.66. The van der Waals surface area contributed by atoms with E-state index in [0.29, 0.717) is 22.4 Å². The highest BCUT2D eigenvalue weighted by Crippen LogP contribution is 2.25. The van der Waals surface area contributed by atoms with Gasteiger partial charge in [-0.2, -0.15) is 0 Å². The molecule has 0 radical (unpaired) electrons. The van der Waals surface area contributed by atoms with Crippen molar-refractivity contribution in [2.45, 2.75) is 0 Å². The first-order chi connectivity index (χ1) is 12.1. The zero-order chi connectivity index (χ0) is 17.8. The predicted octanol–water partition coefficient (Wildman–Crippen LogP) is 4.75. The van der Waals surface area contributed by atoms with Crippen LogP contribution in [-0.4, -0.2) is 12.2 Å². The molecule has 3 rings (SSSR count). The van der Waals surface area contributed by atoms with E-state index in [1.807, 2.05) is 0 Å². The van der Waals surface area contributed by atoms with Gasteiger partial charge in [0.25, 0.3) is 0 Å². The van der Waals surface area contributed by atoms with Gasteiger partial charge in [-0.05, 0) is 59.7 Å². The van der Waals surface area contributed by atoms with Crippen LogP contribution >= 0.6 is 0 Å². The van der Waals surface area contributed by atoms with Crippen molar-refractivity contribution in [3.05, 3.63) is 83.4 Å². The molecule has 0 amide bonds. The van der Waals surface area contributed by atoms with Crippen molar-refractivity contribution < 1.29 is 18.6 Å². The molecule has 0 bridgehead atoms. The van der Waals surface area contributed by atoms with Gasteiger partial charge in [0.2, 0.25) is 0 Å². The van der Waals surface area contributed by atoms with Crippen molar-refractivity contribution in [1.82, 2.24) is 0 Å². The van der Waals surface area contributed by atoms with Gasteiger partial charge < -0.3 is 9.84 Å². The molecular weight excluding hydrogens is 322 g/mol. The fourth-order valence-electron chi connectivity index (χ4n) is 2.32. The summed E-state index contributed by atoms with van der Waals surface area (Å²) in [5, 5.41) is 9.29. The molecule has 0 fully saturated rings. The number of phenols is 1. The number of methoxy groups -OCH3 is 1. The first-order valence-electron chi connectivity index (χ1n) is 7.51. The lowest BCUT2D eigenvalue weighted by molar-refractivity contribution is 0.415. The van der Waals surface area contributed by atoms with Crippen molar-refractivity contribution in [2.24, 2.45) is 0 Å².